The summed E-state index contributed by atoms with van der Waals surface area (Å²) < 4.78 is 0. The van der Waals surface area contributed by atoms with Gasteiger partial charge in [-0.05, 0) is 43.5 Å². The molecule has 23 heavy (non-hydrogen) atoms. The Labute approximate surface area is 137 Å². The van der Waals surface area contributed by atoms with E-state index in [4.69, 9.17) is 0 Å². The van der Waals surface area contributed by atoms with E-state index in [-0.39, 0.29) is 5.78 Å². The Morgan fingerprint density at radius 1 is 1.00 bits per heavy atom. The zero-order chi connectivity index (χ0) is 16.1. The van der Waals surface area contributed by atoms with E-state index in [1.807, 2.05) is 0 Å². The number of carbonyl (C=O) groups excluding carboxylic acids is 1. The van der Waals surface area contributed by atoms with Gasteiger partial charge in [-0.15, -0.1) is 0 Å². The van der Waals surface area contributed by atoms with E-state index in [1.165, 1.54) is 33.5 Å². The number of aryl methyl sites for hydroxylation is 3. The van der Waals surface area contributed by atoms with Crippen LogP contribution in [0.4, 0.5) is 5.69 Å². The van der Waals surface area contributed by atoms with E-state index in [2.05, 4.69) is 62.5 Å². The van der Waals surface area contributed by atoms with Gasteiger partial charge in [-0.3, -0.25) is 4.79 Å². The first-order chi connectivity index (χ1) is 11.0. The van der Waals surface area contributed by atoms with Gasteiger partial charge in [0.15, 0.2) is 5.78 Å². The van der Waals surface area contributed by atoms with Crippen molar-refractivity contribution in [3.05, 3.63) is 64.2 Å². The summed E-state index contributed by atoms with van der Waals surface area (Å²) in [5, 5.41) is 3.54. The van der Waals surface area contributed by atoms with E-state index < -0.39 is 0 Å². The van der Waals surface area contributed by atoms with Gasteiger partial charge in [0.2, 0.25) is 0 Å². The molecule has 0 saturated carbocycles. The van der Waals surface area contributed by atoms with E-state index in [1.54, 1.807) is 0 Å². The summed E-state index contributed by atoms with van der Waals surface area (Å²) in [7, 11) is 0. The molecule has 0 spiro atoms. The lowest BCUT2D eigenvalue weighted by atomic mass is 9.85. The fraction of sp³-hybridized carbons (Fsp3) is 0.286. The Morgan fingerprint density at radius 2 is 1.74 bits per heavy atom. The zero-order valence-electron chi connectivity index (χ0n) is 13.9. The molecule has 0 amide bonds. The van der Waals surface area contributed by atoms with Crippen LogP contribution in [-0.4, -0.2) is 12.3 Å². The van der Waals surface area contributed by atoms with E-state index in [0.717, 1.165) is 17.7 Å². The van der Waals surface area contributed by atoms with Gasteiger partial charge >= 0.3 is 0 Å². The molecule has 1 heterocycles. The Balaban J connectivity index is 1.99. The first-order valence-corrected chi connectivity index (χ1v) is 8.24. The largest absolute Gasteiger partial charge is 0.384 e. The second kappa shape index (κ2) is 5.09. The summed E-state index contributed by atoms with van der Waals surface area (Å²) >= 11 is 0. The van der Waals surface area contributed by atoms with Gasteiger partial charge in [0.25, 0.3) is 0 Å². The quantitative estimate of drug-likeness (QED) is 0.838. The van der Waals surface area contributed by atoms with Crippen LogP contribution in [0.2, 0.25) is 0 Å². The van der Waals surface area contributed by atoms with Crippen molar-refractivity contribution in [1.29, 1.82) is 0 Å². The molecular formula is C21H21NO. The van der Waals surface area contributed by atoms with Crippen molar-refractivity contribution in [1.82, 2.24) is 0 Å². The van der Waals surface area contributed by atoms with Crippen molar-refractivity contribution in [3.63, 3.8) is 0 Å². The number of hydrogen-bond acceptors (Lipinski definition) is 2. The minimum Gasteiger partial charge on any atom is -0.384 e. The number of nitrogens with one attached hydrogen (secondary N) is 1. The maximum atomic E-state index is 12.7. The van der Waals surface area contributed by atoms with Crippen molar-refractivity contribution in [2.45, 2.75) is 27.2 Å². The van der Waals surface area contributed by atoms with Crippen LogP contribution in [0.25, 0.3) is 11.1 Å². The lowest BCUT2D eigenvalue weighted by Crippen LogP contribution is -2.21. The van der Waals surface area contributed by atoms with E-state index in [0.29, 0.717) is 12.3 Å². The average molecular weight is 303 g/mol. The van der Waals surface area contributed by atoms with Crippen LogP contribution in [-0.2, 0) is 4.79 Å². The first kappa shape index (κ1) is 14.3. The van der Waals surface area contributed by atoms with Gasteiger partial charge in [0.1, 0.15) is 0 Å². The smallest absolute Gasteiger partial charge is 0.164 e. The Bertz CT molecular complexity index is 843. The molecule has 1 atom stereocenters. The lowest BCUT2D eigenvalue weighted by molar-refractivity contribution is -0.113. The molecule has 1 aliphatic carbocycles. The summed E-state index contributed by atoms with van der Waals surface area (Å²) in [5.74, 6) is 0.579. The molecule has 2 aromatic carbocycles. The predicted molar refractivity (Wildman–Crippen MR) is 95.5 cm³/mol. The zero-order valence-corrected chi connectivity index (χ0v) is 13.9. The van der Waals surface area contributed by atoms with E-state index >= 15 is 0 Å². The molecule has 2 nitrogen and oxygen atoms in total. The average Bonchev–Trinajstić information content (AvgIpc) is 2.84. The molecule has 1 N–H and O–H groups in total. The third-order valence-corrected chi connectivity index (χ3v) is 5.02. The Hall–Kier alpha value is -2.35. The van der Waals surface area contributed by atoms with Crippen molar-refractivity contribution < 1.29 is 4.79 Å². The van der Waals surface area contributed by atoms with Gasteiger partial charge in [-0.1, -0.05) is 41.5 Å². The number of rotatable bonds is 1. The number of carbonyl (C=O) groups is 1. The minimum atomic E-state index is 0.280. The number of hydrogen-bond donors (Lipinski definition) is 1. The monoisotopic (exact) mass is 303 g/mol. The number of fused-ring (bicyclic) bond motifs is 3. The van der Waals surface area contributed by atoms with Crippen LogP contribution in [0.5, 0.6) is 0 Å². The van der Waals surface area contributed by atoms with Crippen molar-refractivity contribution in [3.8, 4) is 0 Å². The second-order valence-corrected chi connectivity index (χ2v) is 6.86. The van der Waals surface area contributed by atoms with Crippen LogP contribution in [0.15, 0.2) is 36.4 Å². The third kappa shape index (κ3) is 2.21. The van der Waals surface area contributed by atoms with Gasteiger partial charge in [0, 0.05) is 35.7 Å². The molecule has 2 aliphatic rings. The fourth-order valence-corrected chi connectivity index (χ4v) is 3.99. The molecule has 0 fully saturated rings. The molecule has 0 unspecified atom stereocenters. The number of benzene rings is 2. The normalized spacial score (nSPS) is 19.4. The molecule has 2 aromatic rings. The van der Waals surface area contributed by atoms with Gasteiger partial charge in [-0.25, -0.2) is 0 Å². The van der Waals surface area contributed by atoms with Gasteiger partial charge in [0.05, 0.1) is 0 Å². The summed E-state index contributed by atoms with van der Waals surface area (Å²) in [5.41, 5.74) is 9.39. The molecule has 0 aromatic heterocycles. The fourth-order valence-electron chi connectivity index (χ4n) is 3.99. The van der Waals surface area contributed by atoms with Crippen LogP contribution in [0, 0.1) is 26.7 Å². The molecule has 0 radical (unpaired) electrons. The van der Waals surface area contributed by atoms with Crippen LogP contribution in [0.1, 0.15) is 34.2 Å². The highest BCUT2D eigenvalue weighted by molar-refractivity contribution is 6.32. The number of allylic oxidation sites excluding steroid dienone is 1. The van der Waals surface area contributed by atoms with Crippen LogP contribution < -0.4 is 5.32 Å². The Kier molecular flexibility index (Phi) is 3.15. The summed E-state index contributed by atoms with van der Waals surface area (Å²) in [6, 6.07) is 12.8. The number of ketones is 1. The van der Waals surface area contributed by atoms with Crippen LogP contribution in [0.3, 0.4) is 0 Å². The summed E-state index contributed by atoms with van der Waals surface area (Å²) in [6.45, 7) is 7.20. The SMILES string of the molecule is Cc1ccc(C2=C3c4cc(C)cc(C)c4NC[C@@H]3CC2=O)cc1. The minimum absolute atomic E-state index is 0.280. The number of anilines is 1. The first-order valence-electron chi connectivity index (χ1n) is 8.24. The molecule has 4 rings (SSSR count). The van der Waals surface area contributed by atoms with Crippen molar-refractivity contribution in [2.75, 3.05) is 11.9 Å². The number of Topliss-reactive ketones (excluding diaryl/α,β-unsaturated/α-hetero) is 1. The molecule has 0 bridgehead atoms. The second-order valence-electron chi connectivity index (χ2n) is 6.86. The molecule has 0 saturated heterocycles. The molecular weight excluding hydrogens is 282 g/mol. The molecule has 2 heteroatoms. The topological polar surface area (TPSA) is 29.1 Å². The van der Waals surface area contributed by atoms with E-state index in [9.17, 15) is 4.79 Å². The molecule has 1 aliphatic heterocycles. The highest BCUT2D eigenvalue weighted by Crippen LogP contribution is 2.47. The van der Waals surface area contributed by atoms with Gasteiger partial charge in [-0.2, -0.15) is 0 Å². The van der Waals surface area contributed by atoms with Crippen molar-refractivity contribution >= 4 is 22.6 Å². The summed E-state index contributed by atoms with van der Waals surface area (Å²) in [6.07, 6.45) is 0.623. The predicted octanol–water partition coefficient (Wildman–Crippen LogP) is 4.54. The highest BCUT2D eigenvalue weighted by Gasteiger charge is 2.37. The Morgan fingerprint density at radius 3 is 2.48 bits per heavy atom. The maximum Gasteiger partial charge on any atom is 0.164 e. The molecule has 116 valence electrons. The van der Waals surface area contributed by atoms with Crippen molar-refractivity contribution in [2.24, 2.45) is 5.92 Å². The lowest BCUT2D eigenvalue weighted by Gasteiger charge is -2.28. The summed E-state index contributed by atoms with van der Waals surface area (Å²) in [4.78, 5) is 12.7. The standard InChI is InChI=1S/C21H21NO/c1-12-4-6-15(7-5-12)20-18(23)10-16-11-22-21-14(3)8-13(2)9-17(21)19(16)20/h4-9,16,22H,10-11H2,1-3H3/t16-/m0/s1. The highest BCUT2D eigenvalue weighted by atomic mass is 16.1. The maximum absolute atomic E-state index is 12.7. The van der Waals surface area contributed by atoms with Crippen LogP contribution >= 0.6 is 0 Å². The third-order valence-electron chi connectivity index (χ3n) is 5.02. The van der Waals surface area contributed by atoms with Gasteiger partial charge < -0.3 is 5.32 Å².